The zero-order chi connectivity index (χ0) is 8.27. The first-order valence-electron chi connectivity index (χ1n) is 4.45. The summed E-state index contributed by atoms with van der Waals surface area (Å²) in [4.78, 5) is 2.20. The smallest absolute Gasteiger partial charge is 0.0702 e. The molecule has 1 rings (SSSR count). The molecule has 0 aromatic carbocycles. The van der Waals surface area contributed by atoms with E-state index in [1.807, 2.05) is 0 Å². The standard InChI is InChI=1S/C9H19NO/c1-8-4-5-9(11-7-8)6-10(2)3/h8-9H,4-7H2,1-3H3. The molecule has 2 nitrogen and oxygen atoms in total. The average Bonchev–Trinajstić information content (AvgIpc) is 1.93. The predicted octanol–water partition coefficient (Wildman–Crippen LogP) is 1.36. The summed E-state index contributed by atoms with van der Waals surface area (Å²) in [6.07, 6.45) is 3.05. The number of ether oxygens (including phenoxy) is 1. The van der Waals surface area contributed by atoms with Crippen LogP contribution in [-0.4, -0.2) is 38.3 Å². The van der Waals surface area contributed by atoms with Crippen LogP contribution < -0.4 is 0 Å². The quantitative estimate of drug-likeness (QED) is 0.600. The fourth-order valence-corrected chi connectivity index (χ4v) is 1.49. The molecule has 2 heteroatoms. The average molecular weight is 157 g/mol. The van der Waals surface area contributed by atoms with E-state index in [2.05, 4.69) is 25.9 Å². The molecule has 1 fully saturated rings. The van der Waals surface area contributed by atoms with Crippen molar-refractivity contribution in [3.63, 3.8) is 0 Å². The van der Waals surface area contributed by atoms with Crippen LogP contribution in [0.1, 0.15) is 19.8 Å². The fraction of sp³-hybridized carbons (Fsp3) is 1.00. The zero-order valence-corrected chi connectivity index (χ0v) is 7.84. The molecule has 0 aromatic rings. The van der Waals surface area contributed by atoms with Crippen molar-refractivity contribution in [3.8, 4) is 0 Å². The van der Waals surface area contributed by atoms with Gasteiger partial charge >= 0.3 is 0 Å². The van der Waals surface area contributed by atoms with Crippen molar-refractivity contribution in [2.24, 2.45) is 5.92 Å². The van der Waals surface area contributed by atoms with Gasteiger partial charge < -0.3 is 9.64 Å². The van der Waals surface area contributed by atoms with E-state index in [-0.39, 0.29) is 0 Å². The van der Waals surface area contributed by atoms with Crippen LogP contribution in [0.4, 0.5) is 0 Å². The third-order valence-electron chi connectivity index (χ3n) is 2.17. The first-order chi connectivity index (χ1) is 5.18. The van der Waals surface area contributed by atoms with Gasteiger partial charge in [-0.2, -0.15) is 0 Å². The summed E-state index contributed by atoms with van der Waals surface area (Å²) in [7, 11) is 4.20. The molecule has 66 valence electrons. The van der Waals surface area contributed by atoms with Gasteiger partial charge in [-0.1, -0.05) is 6.92 Å². The minimum Gasteiger partial charge on any atom is -0.377 e. The van der Waals surface area contributed by atoms with E-state index >= 15 is 0 Å². The molecule has 11 heavy (non-hydrogen) atoms. The molecule has 0 N–H and O–H groups in total. The lowest BCUT2D eigenvalue weighted by Crippen LogP contribution is -2.33. The van der Waals surface area contributed by atoms with Gasteiger partial charge in [-0.3, -0.25) is 0 Å². The lowest BCUT2D eigenvalue weighted by Gasteiger charge is -2.28. The zero-order valence-electron chi connectivity index (χ0n) is 7.84. The molecular formula is C9H19NO. The maximum atomic E-state index is 5.66. The van der Waals surface area contributed by atoms with E-state index in [0.717, 1.165) is 19.1 Å². The molecule has 1 saturated heterocycles. The topological polar surface area (TPSA) is 12.5 Å². The summed E-state index contributed by atoms with van der Waals surface area (Å²) in [6.45, 7) is 4.29. The van der Waals surface area contributed by atoms with E-state index < -0.39 is 0 Å². The lowest BCUT2D eigenvalue weighted by molar-refractivity contribution is -0.0221. The van der Waals surface area contributed by atoms with Crippen LogP contribution in [0.15, 0.2) is 0 Å². The Hall–Kier alpha value is -0.0800. The lowest BCUT2D eigenvalue weighted by atomic mass is 10.0. The highest BCUT2D eigenvalue weighted by atomic mass is 16.5. The van der Waals surface area contributed by atoms with Crippen LogP contribution in [0.3, 0.4) is 0 Å². The Morgan fingerprint density at radius 2 is 2.09 bits per heavy atom. The Morgan fingerprint density at radius 1 is 1.36 bits per heavy atom. The molecule has 0 aromatic heterocycles. The van der Waals surface area contributed by atoms with E-state index in [1.165, 1.54) is 12.8 Å². The van der Waals surface area contributed by atoms with Crippen LogP contribution in [0.5, 0.6) is 0 Å². The summed E-state index contributed by atoms with van der Waals surface area (Å²) in [5, 5.41) is 0. The SMILES string of the molecule is CC1CCC(CN(C)C)OC1. The maximum absolute atomic E-state index is 5.66. The van der Waals surface area contributed by atoms with Gasteiger partial charge in [0.25, 0.3) is 0 Å². The first kappa shape index (κ1) is 9.01. The van der Waals surface area contributed by atoms with Gasteiger partial charge in [-0.15, -0.1) is 0 Å². The summed E-state index contributed by atoms with van der Waals surface area (Å²) in [5.74, 6) is 0.772. The highest BCUT2D eigenvalue weighted by molar-refractivity contribution is 4.69. The van der Waals surface area contributed by atoms with Crippen LogP contribution in [-0.2, 0) is 4.74 Å². The van der Waals surface area contributed by atoms with Crippen LogP contribution >= 0.6 is 0 Å². The summed E-state index contributed by atoms with van der Waals surface area (Å²) < 4.78 is 5.66. The third-order valence-corrected chi connectivity index (χ3v) is 2.17. The Kier molecular flexibility index (Phi) is 3.34. The Bertz CT molecular complexity index is 106. The summed E-state index contributed by atoms with van der Waals surface area (Å²) in [5.41, 5.74) is 0. The van der Waals surface area contributed by atoms with Crippen molar-refractivity contribution in [3.05, 3.63) is 0 Å². The molecule has 0 bridgehead atoms. The number of likely N-dealkylation sites (N-methyl/N-ethyl adjacent to an activating group) is 1. The molecule has 2 unspecified atom stereocenters. The minimum absolute atomic E-state index is 0.487. The Labute approximate surface area is 69.5 Å². The number of hydrogen-bond acceptors (Lipinski definition) is 2. The second-order valence-corrected chi connectivity index (χ2v) is 3.90. The Balaban J connectivity index is 2.17. The molecule has 1 aliphatic heterocycles. The molecule has 0 radical (unpaired) electrons. The van der Waals surface area contributed by atoms with Gasteiger partial charge in [0.15, 0.2) is 0 Å². The van der Waals surface area contributed by atoms with Gasteiger partial charge in [-0.05, 0) is 32.9 Å². The van der Waals surface area contributed by atoms with Gasteiger partial charge in [0.1, 0.15) is 0 Å². The minimum atomic E-state index is 0.487. The largest absolute Gasteiger partial charge is 0.377 e. The van der Waals surface area contributed by atoms with Crippen molar-refractivity contribution < 1.29 is 4.74 Å². The summed E-state index contributed by atoms with van der Waals surface area (Å²) in [6, 6.07) is 0. The van der Waals surface area contributed by atoms with Gasteiger partial charge in [0.2, 0.25) is 0 Å². The van der Waals surface area contributed by atoms with Gasteiger partial charge in [-0.25, -0.2) is 0 Å². The molecule has 2 atom stereocenters. The first-order valence-corrected chi connectivity index (χ1v) is 4.45. The van der Waals surface area contributed by atoms with E-state index in [1.54, 1.807) is 0 Å². The maximum Gasteiger partial charge on any atom is 0.0702 e. The second kappa shape index (κ2) is 4.07. The van der Waals surface area contributed by atoms with Crippen molar-refractivity contribution >= 4 is 0 Å². The number of rotatable bonds is 2. The Morgan fingerprint density at radius 3 is 2.55 bits per heavy atom. The predicted molar refractivity (Wildman–Crippen MR) is 46.7 cm³/mol. The number of hydrogen-bond donors (Lipinski definition) is 0. The van der Waals surface area contributed by atoms with Crippen LogP contribution in [0.2, 0.25) is 0 Å². The van der Waals surface area contributed by atoms with E-state index in [4.69, 9.17) is 4.74 Å². The molecular weight excluding hydrogens is 138 g/mol. The molecule has 0 spiro atoms. The van der Waals surface area contributed by atoms with Gasteiger partial charge in [0, 0.05) is 13.2 Å². The van der Waals surface area contributed by atoms with E-state index in [0.29, 0.717) is 6.10 Å². The highest BCUT2D eigenvalue weighted by Gasteiger charge is 2.18. The third kappa shape index (κ3) is 3.21. The molecule has 0 amide bonds. The normalized spacial score (nSPS) is 32.7. The van der Waals surface area contributed by atoms with E-state index in [9.17, 15) is 0 Å². The van der Waals surface area contributed by atoms with Gasteiger partial charge in [0.05, 0.1) is 6.10 Å². The second-order valence-electron chi connectivity index (χ2n) is 3.90. The number of nitrogens with zero attached hydrogens (tertiary/aromatic N) is 1. The molecule has 1 heterocycles. The van der Waals surface area contributed by atoms with Crippen molar-refractivity contribution in [2.45, 2.75) is 25.9 Å². The monoisotopic (exact) mass is 157 g/mol. The van der Waals surface area contributed by atoms with Crippen molar-refractivity contribution in [2.75, 3.05) is 27.2 Å². The van der Waals surface area contributed by atoms with Crippen molar-refractivity contribution in [1.29, 1.82) is 0 Å². The molecule has 0 saturated carbocycles. The highest BCUT2D eigenvalue weighted by Crippen LogP contribution is 2.18. The van der Waals surface area contributed by atoms with Crippen molar-refractivity contribution in [1.82, 2.24) is 4.90 Å². The summed E-state index contributed by atoms with van der Waals surface area (Å²) >= 11 is 0. The van der Waals surface area contributed by atoms with Crippen LogP contribution in [0.25, 0.3) is 0 Å². The molecule has 0 aliphatic carbocycles. The molecule has 1 aliphatic rings. The van der Waals surface area contributed by atoms with Crippen LogP contribution in [0, 0.1) is 5.92 Å². The fourth-order valence-electron chi connectivity index (χ4n) is 1.49.